The van der Waals surface area contributed by atoms with Gasteiger partial charge < -0.3 is 14.2 Å². The molecule has 0 N–H and O–H groups in total. The molecule has 1 aromatic carbocycles. The Morgan fingerprint density at radius 1 is 1.23 bits per heavy atom. The van der Waals surface area contributed by atoms with Crippen LogP contribution in [0.2, 0.25) is 0 Å². The number of carbonyl (C=O) groups excluding carboxylic acids is 1. The summed E-state index contributed by atoms with van der Waals surface area (Å²) in [5.41, 5.74) is 2.48. The quantitative estimate of drug-likeness (QED) is 0.849. The summed E-state index contributed by atoms with van der Waals surface area (Å²) in [6.07, 6.45) is 5.31. The number of fused-ring (bicyclic) bond motifs is 1. The van der Waals surface area contributed by atoms with Crippen molar-refractivity contribution in [2.24, 2.45) is 5.92 Å². The fourth-order valence-electron chi connectivity index (χ4n) is 3.93. The van der Waals surface area contributed by atoms with Gasteiger partial charge in [-0.05, 0) is 30.4 Å². The third-order valence-electron chi connectivity index (χ3n) is 5.62. The van der Waals surface area contributed by atoms with Gasteiger partial charge in [0.05, 0.1) is 13.2 Å². The lowest BCUT2D eigenvalue weighted by atomic mass is 9.97. The Balaban J connectivity index is 1.40. The zero-order valence-electron chi connectivity index (χ0n) is 15.3. The smallest absolute Gasteiger partial charge is 0.225 e. The number of hydrogen-bond donors (Lipinski definition) is 0. The average molecular weight is 354 g/mol. The first-order chi connectivity index (χ1) is 12.7. The second-order valence-corrected chi connectivity index (χ2v) is 7.20. The van der Waals surface area contributed by atoms with Crippen molar-refractivity contribution in [1.82, 2.24) is 19.7 Å². The van der Waals surface area contributed by atoms with E-state index in [4.69, 9.17) is 4.74 Å². The Hall–Kier alpha value is -2.21. The van der Waals surface area contributed by atoms with Crippen molar-refractivity contribution >= 4 is 5.91 Å². The Kier molecular flexibility index (Phi) is 5.02. The molecule has 0 aliphatic carbocycles. The first-order valence-corrected chi connectivity index (χ1v) is 9.60. The topological polar surface area (TPSA) is 60.2 Å². The SMILES string of the molecule is CCc1ccc(C2CN(C(=O)C3CCc4nncn4CC3)CCO2)cc1. The van der Waals surface area contributed by atoms with Crippen molar-refractivity contribution in [3.05, 3.63) is 47.5 Å². The minimum Gasteiger partial charge on any atom is -0.370 e. The highest BCUT2D eigenvalue weighted by Gasteiger charge is 2.31. The molecule has 0 bridgehead atoms. The van der Waals surface area contributed by atoms with Crippen molar-refractivity contribution in [3.8, 4) is 0 Å². The number of rotatable bonds is 3. The van der Waals surface area contributed by atoms with Crippen molar-refractivity contribution in [1.29, 1.82) is 0 Å². The highest BCUT2D eigenvalue weighted by Crippen LogP contribution is 2.26. The second-order valence-electron chi connectivity index (χ2n) is 7.20. The molecule has 2 aliphatic heterocycles. The van der Waals surface area contributed by atoms with Crippen LogP contribution in [0.4, 0.5) is 0 Å². The molecule has 2 unspecified atom stereocenters. The van der Waals surface area contributed by atoms with E-state index in [1.165, 1.54) is 5.56 Å². The van der Waals surface area contributed by atoms with Gasteiger partial charge in [0, 0.05) is 25.4 Å². The summed E-state index contributed by atoms with van der Waals surface area (Å²) >= 11 is 0. The fraction of sp³-hybridized carbons (Fsp3) is 0.550. The van der Waals surface area contributed by atoms with Gasteiger partial charge >= 0.3 is 0 Å². The lowest BCUT2D eigenvalue weighted by Crippen LogP contribution is -2.45. The summed E-state index contributed by atoms with van der Waals surface area (Å²) in [7, 11) is 0. The van der Waals surface area contributed by atoms with Gasteiger partial charge in [-0.2, -0.15) is 0 Å². The van der Waals surface area contributed by atoms with E-state index in [9.17, 15) is 4.79 Å². The summed E-state index contributed by atoms with van der Waals surface area (Å²) in [5.74, 6) is 1.33. The van der Waals surface area contributed by atoms with Gasteiger partial charge in [0.15, 0.2) is 0 Å². The van der Waals surface area contributed by atoms with Crippen molar-refractivity contribution in [2.75, 3.05) is 19.7 Å². The number of amides is 1. The minimum absolute atomic E-state index is 0.0241. The third kappa shape index (κ3) is 3.51. The van der Waals surface area contributed by atoms with Crippen LogP contribution in [0.25, 0.3) is 0 Å². The largest absolute Gasteiger partial charge is 0.370 e. The zero-order chi connectivity index (χ0) is 17.9. The molecule has 2 aliphatic rings. The van der Waals surface area contributed by atoms with E-state index < -0.39 is 0 Å². The van der Waals surface area contributed by atoms with Gasteiger partial charge in [0.2, 0.25) is 5.91 Å². The molecule has 1 saturated heterocycles. The summed E-state index contributed by atoms with van der Waals surface area (Å²) in [4.78, 5) is 15.1. The predicted molar refractivity (Wildman–Crippen MR) is 97.5 cm³/mol. The van der Waals surface area contributed by atoms with Gasteiger partial charge in [-0.1, -0.05) is 31.2 Å². The third-order valence-corrected chi connectivity index (χ3v) is 5.62. The van der Waals surface area contributed by atoms with Crippen LogP contribution in [-0.2, 0) is 28.9 Å². The predicted octanol–water partition coefficient (Wildman–Crippen LogP) is 2.39. The molecule has 1 amide bonds. The molecular weight excluding hydrogens is 328 g/mol. The molecule has 0 spiro atoms. The van der Waals surface area contributed by atoms with Crippen molar-refractivity contribution in [3.63, 3.8) is 0 Å². The summed E-state index contributed by atoms with van der Waals surface area (Å²) in [6.45, 7) is 4.91. The number of nitrogens with zero attached hydrogens (tertiary/aromatic N) is 4. The highest BCUT2D eigenvalue weighted by molar-refractivity contribution is 5.79. The van der Waals surface area contributed by atoms with E-state index >= 15 is 0 Å². The molecule has 26 heavy (non-hydrogen) atoms. The Morgan fingerprint density at radius 2 is 2.08 bits per heavy atom. The first kappa shape index (κ1) is 17.2. The second kappa shape index (κ2) is 7.58. The molecule has 2 aromatic rings. The number of carbonyl (C=O) groups is 1. The highest BCUT2D eigenvalue weighted by atomic mass is 16.5. The number of aromatic nitrogens is 3. The van der Waals surface area contributed by atoms with Gasteiger partial charge in [-0.15, -0.1) is 10.2 Å². The molecule has 1 fully saturated rings. The van der Waals surface area contributed by atoms with E-state index in [0.717, 1.165) is 43.6 Å². The number of aryl methyl sites for hydroxylation is 3. The molecule has 1 aromatic heterocycles. The molecule has 0 radical (unpaired) electrons. The number of morpholine rings is 1. The van der Waals surface area contributed by atoms with Gasteiger partial charge in [0.1, 0.15) is 18.3 Å². The normalized spacial score (nSPS) is 23.3. The molecule has 6 heteroatoms. The number of hydrogen-bond acceptors (Lipinski definition) is 4. The fourth-order valence-corrected chi connectivity index (χ4v) is 3.93. The van der Waals surface area contributed by atoms with Crippen LogP contribution >= 0.6 is 0 Å². The Labute approximate surface area is 154 Å². The maximum atomic E-state index is 13.1. The molecule has 0 saturated carbocycles. The van der Waals surface area contributed by atoms with Crippen LogP contribution < -0.4 is 0 Å². The molecule has 4 rings (SSSR count). The Morgan fingerprint density at radius 3 is 2.88 bits per heavy atom. The molecule has 3 heterocycles. The van der Waals surface area contributed by atoms with Crippen LogP contribution in [0.3, 0.4) is 0 Å². The summed E-state index contributed by atoms with van der Waals surface area (Å²) in [5, 5.41) is 8.12. The van der Waals surface area contributed by atoms with Crippen LogP contribution in [0.5, 0.6) is 0 Å². The maximum Gasteiger partial charge on any atom is 0.225 e. The van der Waals surface area contributed by atoms with Gasteiger partial charge in [-0.25, -0.2) is 0 Å². The average Bonchev–Trinajstić information content (AvgIpc) is 3.06. The maximum absolute atomic E-state index is 13.1. The lowest BCUT2D eigenvalue weighted by Gasteiger charge is -2.35. The van der Waals surface area contributed by atoms with Crippen molar-refractivity contribution in [2.45, 2.75) is 45.3 Å². The van der Waals surface area contributed by atoms with Crippen LogP contribution in [-0.4, -0.2) is 45.3 Å². The van der Waals surface area contributed by atoms with E-state index in [0.29, 0.717) is 19.7 Å². The van der Waals surface area contributed by atoms with E-state index in [1.807, 2.05) is 4.90 Å². The number of ether oxygens (including phenoxy) is 1. The minimum atomic E-state index is -0.0241. The standard InChI is InChI=1S/C20H26N4O2/c1-2-15-3-5-16(6-4-15)18-13-23(11-12-26-18)20(25)17-7-8-19-22-21-14-24(19)10-9-17/h3-6,14,17-18H,2,7-13H2,1H3. The van der Waals surface area contributed by atoms with Crippen LogP contribution in [0, 0.1) is 5.92 Å². The molecule has 6 nitrogen and oxygen atoms in total. The summed E-state index contributed by atoms with van der Waals surface area (Å²) in [6, 6.07) is 8.57. The summed E-state index contributed by atoms with van der Waals surface area (Å²) < 4.78 is 8.03. The first-order valence-electron chi connectivity index (χ1n) is 9.60. The lowest BCUT2D eigenvalue weighted by molar-refractivity contribution is -0.143. The monoisotopic (exact) mass is 354 g/mol. The van der Waals surface area contributed by atoms with Crippen molar-refractivity contribution < 1.29 is 9.53 Å². The van der Waals surface area contributed by atoms with Gasteiger partial charge in [-0.3, -0.25) is 4.79 Å². The van der Waals surface area contributed by atoms with Crippen LogP contribution in [0.1, 0.15) is 42.8 Å². The molecule has 138 valence electrons. The zero-order valence-corrected chi connectivity index (χ0v) is 15.3. The van der Waals surface area contributed by atoms with E-state index in [1.54, 1.807) is 6.33 Å². The van der Waals surface area contributed by atoms with E-state index in [-0.39, 0.29) is 17.9 Å². The number of benzene rings is 1. The molecule has 2 atom stereocenters. The Bertz CT molecular complexity index is 733. The van der Waals surface area contributed by atoms with Gasteiger partial charge in [0.25, 0.3) is 0 Å². The van der Waals surface area contributed by atoms with E-state index in [2.05, 4.69) is 46.0 Å². The molecular formula is C20H26N4O2. The van der Waals surface area contributed by atoms with Crippen LogP contribution in [0.15, 0.2) is 30.6 Å².